The zero-order valence-corrected chi connectivity index (χ0v) is 14.3. The Morgan fingerprint density at radius 2 is 2.38 bits per heavy atom. The average molecular weight is 358 g/mol. The molecule has 2 rings (SSSR count). The molecule has 0 amide bonds. The van der Waals surface area contributed by atoms with Gasteiger partial charge in [-0.05, 0) is 41.1 Å². The van der Waals surface area contributed by atoms with Crippen LogP contribution in [0.5, 0.6) is 0 Å². The Hall–Kier alpha value is -0.880. The third kappa shape index (κ3) is 3.66. The SMILES string of the molecule is CCCn1ncc(NC2(CO)CCCC(C)C2)c(Br)c1=O. The van der Waals surface area contributed by atoms with Crippen LogP contribution < -0.4 is 10.9 Å². The van der Waals surface area contributed by atoms with Gasteiger partial charge in [0.15, 0.2) is 0 Å². The number of rotatable bonds is 5. The first-order valence-electron chi connectivity index (χ1n) is 7.66. The fraction of sp³-hybridized carbons (Fsp3) is 0.733. The van der Waals surface area contributed by atoms with E-state index in [-0.39, 0.29) is 17.7 Å². The zero-order valence-electron chi connectivity index (χ0n) is 12.7. The maximum absolute atomic E-state index is 12.2. The molecule has 0 saturated heterocycles. The third-order valence-corrected chi connectivity index (χ3v) is 4.98. The number of hydrogen-bond acceptors (Lipinski definition) is 4. The molecular weight excluding hydrogens is 334 g/mol. The van der Waals surface area contributed by atoms with Gasteiger partial charge in [-0.2, -0.15) is 5.10 Å². The number of halogens is 1. The van der Waals surface area contributed by atoms with Crippen LogP contribution in [0.1, 0.15) is 46.0 Å². The maximum atomic E-state index is 12.2. The molecule has 2 N–H and O–H groups in total. The van der Waals surface area contributed by atoms with Crippen molar-refractivity contribution in [2.45, 2.75) is 58.0 Å². The van der Waals surface area contributed by atoms with Crippen LogP contribution >= 0.6 is 15.9 Å². The first-order valence-corrected chi connectivity index (χ1v) is 8.45. The van der Waals surface area contributed by atoms with Crippen LogP contribution in [0.2, 0.25) is 0 Å². The maximum Gasteiger partial charge on any atom is 0.283 e. The van der Waals surface area contributed by atoms with Crippen molar-refractivity contribution in [3.05, 3.63) is 21.0 Å². The van der Waals surface area contributed by atoms with E-state index in [4.69, 9.17) is 0 Å². The monoisotopic (exact) mass is 357 g/mol. The summed E-state index contributed by atoms with van der Waals surface area (Å²) < 4.78 is 1.96. The first kappa shape index (κ1) is 16.5. The molecule has 2 unspecified atom stereocenters. The molecule has 1 aliphatic carbocycles. The van der Waals surface area contributed by atoms with Crippen molar-refractivity contribution >= 4 is 21.6 Å². The average Bonchev–Trinajstić information content (AvgIpc) is 2.47. The molecule has 118 valence electrons. The second-order valence-electron chi connectivity index (χ2n) is 6.17. The molecule has 1 aliphatic rings. The van der Waals surface area contributed by atoms with E-state index in [0.29, 0.717) is 22.6 Å². The second-order valence-corrected chi connectivity index (χ2v) is 6.96. The van der Waals surface area contributed by atoms with Gasteiger partial charge in [0.1, 0.15) is 4.47 Å². The predicted octanol–water partition coefficient (Wildman–Crippen LogP) is 2.77. The van der Waals surface area contributed by atoms with Crippen LogP contribution in [0.3, 0.4) is 0 Å². The van der Waals surface area contributed by atoms with Crippen molar-refractivity contribution in [3.63, 3.8) is 0 Å². The minimum Gasteiger partial charge on any atom is -0.394 e. The number of hydrogen-bond donors (Lipinski definition) is 2. The van der Waals surface area contributed by atoms with E-state index in [9.17, 15) is 9.90 Å². The van der Waals surface area contributed by atoms with E-state index >= 15 is 0 Å². The van der Waals surface area contributed by atoms with Crippen LogP contribution in [0, 0.1) is 5.92 Å². The van der Waals surface area contributed by atoms with Gasteiger partial charge in [-0.1, -0.05) is 26.7 Å². The van der Waals surface area contributed by atoms with E-state index in [1.165, 1.54) is 11.1 Å². The molecule has 0 aliphatic heterocycles. The molecule has 5 nitrogen and oxygen atoms in total. The highest BCUT2D eigenvalue weighted by molar-refractivity contribution is 9.10. The molecule has 2 atom stereocenters. The lowest BCUT2D eigenvalue weighted by atomic mass is 9.77. The van der Waals surface area contributed by atoms with Crippen molar-refractivity contribution in [2.24, 2.45) is 5.92 Å². The number of nitrogens with zero attached hydrogens (tertiary/aromatic N) is 2. The number of aliphatic hydroxyl groups is 1. The molecule has 0 aromatic carbocycles. The lowest BCUT2D eigenvalue weighted by Crippen LogP contribution is -2.46. The number of aliphatic hydroxyl groups excluding tert-OH is 1. The van der Waals surface area contributed by atoms with Gasteiger partial charge >= 0.3 is 0 Å². The zero-order chi connectivity index (χ0) is 15.5. The van der Waals surface area contributed by atoms with Gasteiger partial charge in [-0.15, -0.1) is 0 Å². The molecule has 0 bridgehead atoms. The Morgan fingerprint density at radius 1 is 1.62 bits per heavy atom. The van der Waals surface area contributed by atoms with Crippen LogP contribution in [-0.4, -0.2) is 27.0 Å². The van der Waals surface area contributed by atoms with Gasteiger partial charge in [0, 0.05) is 6.54 Å². The normalized spacial score (nSPS) is 25.8. The Bertz CT molecular complexity index is 546. The number of nitrogens with one attached hydrogen (secondary N) is 1. The van der Waals surface area contributed by atoms with Crippen LogP contribution in [0.15, 0.2) is 15.5 Å². The van der Waals surface area contributed by atoms with E-state index in [0.717, 1.165) is 25.7 Å². The van der Waals surface area contributed by atoms with Crippen molar-refractivity contribution < 1.29 is 5.11 Å². The Balaban J connectivity index is 2.26. The van der Waals surface area contributed by atoms with Crippen molar-refractivity contribution in [1.82, 2.24) is 9.78 Å². The standard InChI is InChI=1S/C15H24BrN3O2/c1-3-7-19-14(21)13(16)12(9-17-19)18-15(10-20)6-4-5-11(2)8-15/h9,11,18,20H,3-8,10H2,1-2H3. The highest BCUT2D eigenvalue weighted by Gasteiger charge is 2.35. The second kappa shape index (κ2) is 6.92. The topological polar surface area (TPSA) is 67.2 Å². The fourth-order valence-corrected chi connectivity index (χ4v) is 3.57. The van der Waals surface area contributed by atoms with Gasteiger partial charge in [0.05, 0.1) is 24.0 Å². The van der Waals surface area contributed by atoms with Crippen molar-refractivity contribution in [2.75, 3.05) is 11.9 Å². The molecule has 1 saturated carbocycles. The quantitative estimate of drug-likeness (QED) is 0.850. The molecule has 0 spiro atoms. The summed E-state index contributed by atoms with van der Waals surface area (Å²) in [5, 5.41) is 17.4. The van der Waals surface area contributed by atoms with Crippen molar-refractivity contribution in [3.8, 4) is 0 Å². The summed E-state index contributed by atoms with van der Waals surface area (Å²) in [6.45, 7) is 4.90. The van der Waals surface area contributed by atoms with E-state index < -0.39 is 0 Å². The summed E-state index contributed by atoms with van der Waals surface area (Å²) in [4.78, 5) is 12.2. The summed E-state index contributed by atoms with van der Waals surface area (Å²) in [6.07, 6.45) is 6.65. The highest BCUT2D eigenvalue weighted by atomic mass is 79.9. The minimum atomic E-state index is -0.342. The van der Waals surface area contributed by atoms with E-state index in [1.54, 1.807) is 6.20 Å². The molecule has 1 aromatic rings. The highest BCUT2D eigenvalue weighted by Crippen LogP contribution is 2.35. The molecule has 0 radical (unpaired) electrons. The third-order valence-electron chi connectivity index (χ3n) is 4.21. The van der Waals surface area contributed by atoms with Gasteiger partial charge in [-0.25, -0.2) is 4.68 Å². The smallest absolute Gasteiger partial charge is 0.283 e. The van der Waals surface area contributed by atoms with Crippen LogP contribution in [-0.2, 0) is 6.54 Å². The summed E-state index contributed by atoms with van der Waals surface area (Å²) in [6, 6.07) is 0. The number of anilines is 1. The van der Waals surface area contributed by atoms with Gasteiger partial charge < -0.3 is 10.4 Å². The number of aromatic nitrogens is 2. The van der Waals surface area contributed by atoms with E-state index in [1.807, 2.05) is 6.92 Å². The summed E-state index contributed by atoms with van der Waals surface area (Å²) in [5.41, 5.74) is 0.208. The molecular formula is C15H24BrN3O2. The van der Waals surface area contributed by atoms with Gasteiger partial charge in [0.2, 0.25) is 0 Å². The molecule has 21 heavy (non-hydrogen) atoms. The predicted molar refractivity (Wildman–Crippen MR) is 87.6 cm³/mol. The minimum absolute atomic E-state index is 0.0713. The summed E-state index contributed by atoms with van der Waals surface area (Å²) in [5.74, 6) is 0.575. The Labute approximate surface area is 133 Å². The van der Waals surface area contributed by atoms with E-state index in [2.05, 4.69) is 33.3 Å². The molecule has 1 fully saturated rings. The summed E-state index contributed by atoms with van der Waals surface area (Å²) in [7, 11) is 0. The van der Waals surface area contributed by atoms with Gasteiger partial charge in [-0.3, -0.25) is 4.79 Å². The molecule has 1 aromatic heterocycles. The Morgan fingerprint density at radius 3 is 3.00 bits per heavy atom. The Kier molecular flexibility index (Phi) is 5.43. The van der Waals surface area contributed by atoms with Crippen LogP contribution in [0.4, 0.5) is 5.69 Å². The first-order chi connectivity index (χ1) is 10.0. The van der Waals surface area contributed by atoms with Gasteiger partial charge in [0.25, 0.3) is 5.56 Å². The largest absolute Gasteiger partial charge is 0.394 e. The fourth-order valence-electron chi connectivity index (χ4n) is 3.17. The number of aryl methyl sites for hydroxylation is 1. The summed E-state index contributed by atoms with van der Waals surface area (Å²) >= 11 is 3.38. The molecule has 6 heteroatoms. The lowest BCUT2D eigenvalue weighted by molar-refractivity contribution is 0.149. The lowest BCUT2D eigenvalue weighted by Gasteiger charge is -2.40. The van der Waals surface area contributed by atoms with Crippen molar-refractivity contribution in [1.29, 1.82) is 0 Å². The van der Waals surface area contributed by atoms with Crippen LogP contribution in [0.25, 0.3) is 0 Å². The molecule has 1 heterocycles.